The Kier molecular flexibility index (Phi) is 3.61. The Morgan fingerprint density at radius 1 is 1.22 bits per heavy atom. The van der Waals surface area contributed by atoms with Crippen molar-refractivity contribution in [2.45, 2.75) is 31.6 Å². The zero-order valence-electron chi connectivity index (χ0n) is 12.6. The van der Waals surface area contributed by atoms with Gasteiger partial charge in [-0.2, -0.15) is 0 Å². The van der Waals surface area contributed by atoms with Crippen molar-refractivity contribution in [1.29, 1.82) is 0 Å². The lowest BCUT2D eigenvalue weighted by atomic mass is 9.91. The first kappa shape index (κ1) is 14.1. The molecule has 0 spiro atoms. The van der Waals surface area contributed by atoms with Gasteiger partial charge in [0.2, 0.25) is 5.89 Å². The first-order valence-corrected chi connectivity index (χ1v) is 7.80. The molecule has 2 heterocycles. The van der Waals surface area contributed by atoms with Gasteiger partial charge in [0, 0.05) is 19.0 Å². The molecule has 0 aliphatic heterocycles. The Hall–Kier alpha value is -2.56. The van der Waals surface area contributed by atoms with E-state index in [2.05, 4.69) is 15.0 Å². The van der Waals surface area contributed by atoms with Gasteiger partial charge in [0.25, 0.3) is 0 Å². The summed E-state index contributed by atoms with van der Waals surface area (Å²) in [6.07, 6.45) is 6.81. The average Bonchev–Trinajstić information content (AvgIpc) is 2.87. The van der Waals surface area contributed by atoms with Crippen LogP contribution in [0.15, 0.2) is 47.3 Å². The SMILES string of the molecule is Fc1cccc(C2CCCc3oc(-c4ccncn4)nc3C2)c1. The summed E-state index contributed by atoms with van der Waals surface area (Å²) in [5.74, 6) is 1.55. The van der Waals surface area contributed by atoms with Gasteiger partial charge in [-0.25, -0.2) is 19.3 Å². The molecule has 0 saturated carbocycles. The summed E-state index contributed by atoms with van der Waals surface area (Å²) < 4.78 is 19.4. The maximum absolute atomic E-state index is 13.5. The predicted molar refractivity (Wildman–Crippen MR) is 83.3 cm³/mol. The molecule has 4 nitrogen and oxygen atoms in total. The average molecular weight is 309 g/mol. The maximum Gasteiger partial charge on any atom is 0.245 e. The van der Waals surface area contributed by atoms with Crippen LogP contribution in [0, 0.1) is 5.82 Å². The van der Waals surface area contributed by atoms with Gasteiger partial charge in [-0.15, -0.1) is 0 Å². The topological polar surface area (TPSA) is 51.8 Å². The van der Waals surface area contributed by atoms with Crippen molar-refractivity contribution >= 4 is 0 Å². The highest BCUT2D eigenvalue weighted by atomic mass is 19.1. The van der Waals surface area contributed by atoms with E-state index >= 15 is 0 Å². The molecule has 0 radical (unpaired) electrons. The van der Waals surface area contributed by atoms with Gasteiger partial charge in [0.05, 0.1) is 5.69 Å². The zero-order valence-corrected chi connectivity index (χ0v) is 12.6. The Morgan fingerprint density at radius 3 is 3.00 bits per heavy atom. The fraction of sp³-hybridized carbons (Fsp3) is 0.278. The summed E-state index contributed by atoms with van der Waals surface area (Å²) in [6, 6.07) is 8.65. The smallest absolute Gasteiger partial charge is 0.245 e. The molecular formula is C18H16FN3O. The third-order valence-electron chi connectivity index (χ3n) is 4.30. The van der Waals surface area contributed by atoms with E-state index in [0.717, 1.165) is 42.7 Å². The number of aryl methyl sites for hydroxylation is 1. The summed E-state index contributed by atoms with van der Waals surface area (Å²) >= 11 is 0. The first-order chi connectivity index (χ1) is 11.3. The van der Waals surface area contributed by atoms with E-state index in [1.807, 2.05) is 6.07 Å². The summed E-state index contributed by atoms with van der Waals surface area (Å²) in [5, 5.41) is 0. The number of hydrogen-bond acceptors (Lipinski definition) is 4. The van der Waals surface area contributed by atoms with Crippen LogP contribution in [0.25, 0.3) is 11.6 Å². The van der Waals surface area contributed by atoms with E-state index in [4.69, 9.17) is 4.42 Å². The molecule has 3 aromatic rings. The van der Waals surface area contributed by atoms with Crippen LogP contribution in [0.5, 0.6) is 0 Å². The molecular weight excluding hydrogens is 293 g/mol. The first-order valence-electron chi connectivity index (χ1n) is 7.80. The highest BCUT2D eigenvalue weighted by Gasteiger charge is 2.24. The van der Waals surface area contributed by atoms with Crippen LogP contribution in [-0.4, -0.2) is 15.0 Å². The third-order valence-corrected chi connectivity index (χ3v) is 4.30. The summed E-state index contributed by atoms with van der Waals surface area (Å²) in [5.41, 5.74) is 2.69. The second-order valence-electron chi connectivity index (χ2n) is 5.83. The fourth-order valence-electron chi connectivity index (χ4n) is 3.15. The summed E-state index contributed by atoms with van der Waals surface area (Å²) in [4.78, 5) is 12.7. The van der Waals surface area contributed by atoms with Gasteiger partial charge >= 0.3 is 0 Å². The molecule has 23 heavy (non-hydrogen) atoms. The molecule has 4 rings (SSSR count). The van der Waals surface area contributed by atoms with Crippen LogP contribution in [0.1, 0.15) is 35.8 Å². The third kappa shape index (κ3) is 2.86. The zero-order chi connectivity index (χ0) is 15.6. The van der Waals surface area contributed by atoms with Crippen molar-refractivity contribution < 1.29 is 8.81 Å². The van der Waals surface area contributed by atoms with Crippen LogP contribution in [-0.2, 0) is 12.8 Å². The predicted octanol–water partition coefficient (Wildman–Crippen LogP) is 3.93. The molecule has 2 aromatic heterocycles. The normalized spacial score (nSPS) is 17.5. The number of rotatable bonds is 2. The molecule has 1 unspecified atom stereocenters. The number of fused-ring (bicyclic) bond motifs is 1. The standard InChI is InChI=1S/C18H16FN3O/c19-14-5-1-3-12(9-14)13-4-2-6-17-16(10-13)22-18(23-17)15-7-8-20-11-21-15/h1,3,5,7-9,11,13H,2,4,6,10H2. The van der Waals surface area contributed by atoms with Crippen molar-refractivity contribution in [3.63, 3.8) is 0 Å². The van der Waals surface area contributed by atoms with Crippen molar-refractivity contribution in [3.05, 3.63) is 65.7 Å². The van der Waals surface area contributed by atoms with Gasteiger partial charge in [-0.05, 0) is 42.5 Å². The van der Waals surface area contributed by atoms with Crippen LogP contribution in [0.2, 0.25) is 0 Å². The molecule has 0 bridgehead atoms. The number of nitrogens with zero attached hydrogens (tertiary/aromatic N) is 3. The Morgan fingerprint density at radius 2 is 2.17 bits per heavy atom. The van der Waals surface area contributed by atoms with E-state index in [9.17, 15) is 4.39 Å². The lowest BCUT2D eigenvalue weighted by molar-refractivity contribution is 0.504. The summed E-state index contributed by atoms with van der Waals surface area (Å²) in [6.45, 7) is 0. The minimum atomic E-state index is -0.186. The van der Waals surface area contributed by atoms with Crippen LogP contribution >= 0.6 is 0 Å². The molecule has 1 aromatic carbocycles. The largest absolute Gasteiger partial charge is 0.440 e. The molecule has 1 aliphatic carbocycles. The Balaban J connectivity index is 1.65. The molecule has 5 heteroatoms. The monoisotopic (exact) mass is 309 g/mol. The van der Waals surface area contributed by atoms with E-state index < -0.39 is 0 Å². The van der Waals surface area contributed by atoms with Crippen molar-refractivity contribution in [2.75, 3.05) is 0 Å². The molecule has 0 amide bonds. The molecule has 0 fully saturated rings. The molecule has 1 aliphatic rings. The van der Waals surface area contributed by atoms with Crippen LogP contribution in [0.4, 0.5) is 4.39 Å². The molecule has 1 atom stereocenters. The second-order valence-corrected chi connectivity index (χ2v) is 5.83. The van der Waals surface area contributed by atoms with Crippen molar-refractivity contribution in [3.8, 4) is 11.6 Å². The number of oxazole rings is 1. The van der Waals surface area contributed by atoms with Gasteiger partial charge in [-0.1, -0.05) is 12.1 Å². The van der Waals surface area contributed by atoms with Gasteiger partial charge in [0.15, 0.2) is 0 Å². The van der Waals surface area contributed by atoms with Gasteiger partial charge in [-0.3, -0.25) is 0 Å². The minimum absolute atomic E-state index is 0.186. The molecule has 0 saturated heterocycles. The maximum atomic E-state index is 13.5. The Bertz CT molecular complexity index is 816. The summed E-state index contributed by atoms with van der Waals surface area (Å²) in [7, 11) is 0. The second kappa shape index (κ2) is 5.91. The van der Waals surface area contributed by atoms with Crippen molar-refractivity contribution in [2.24, 2.45) is 0 Å². The van der Waals surface area contributed by atoms with Crippen molar-refractivity contribution in [1.82, 2.24) is 15.0 Å². The number of hydrogen-bond donors (Lipinski definition) is 0. The van der Waals surface area contributed by atoms with Gasteiger partial charge in [0.1, 0.15) is 23.6 Å². The fourth-order valence-corrected chi connectivity index (χ4v) is 3.15. The lowest BCUT2D eigenvalue weighted by Crippen LogP contribution is -2.02. The highest BCUT2D eigenvalue weighted by molar-refractivity contribution is 5.46. The van der Waals surface area contributed by atoms with E-state index in [1.54, 1.807) is 24.4 Å². The highest BCUT2D eigenvalue weighted by Crippen LogP contribution is 2.33. The quantitative estimate of drug-likeness (QED) is 0.673. The Labute approximate surface area is 133 Å². The lowest BCUT2D eigenvalue weighted by Gasteiger charge is -2.13. The number of benzene rings is 1. The van der Waals surface area contributed by atoms with Crippen LogP contribution < -0.4 is 0 Å². The van der Waals surface area contributed by atoms with E-state index in [0.29, 0.717) is 11.6 Å². The van der Waals surface area contributed by atoms with E-state index in [1.165, 1.54) is 12.4 Å². The van der Waals surface area contributed by atoms with E-state index in [-0.39, 0.29) is 11.7 Å². The number of aromatic nitrogens is 3. The minimum Gasteiger partial charge on any atom is -0.440 e. The van der Waals surface area contributed by atoms with Crippen LogP contribution in [0.3, 0.4) is 0 Å². The van der Waals surface area contributed by atoms with Gasteiger partial charge < -0.3 is 4.42 Å². The molecule has 0 N–H and O–H groups in total. The number of halogens is 1. The molecule has 116 valence electrons.